The predicted octanol–water partition coefficient (Wildman–Crippen LogP) is 5.70. The first kappa shape index (κ1) is 31.8. The lowest BCUT2D eigenvalue weighted by Crippen LogP contribution is -2.59. The highest BCUT2D eigenvalue weighted by Gasteiger charge is 2.48. The number of nitriles is 1. The van der Waals surface area contributed by atoms with E-state index in [1.54, 1.807) is 6.07 Å². The third-order valence-electron chi connectivity index (χ3n) is 7.09. The number of carbonyl (C=O) groups excluding carboxylic acids is 2. The molecule has 3 rings (SSSR count). The van der Waals surface area contributed by atoms with Gasteiger partial charge in [-0.15, -0.1) is 0 Å². The maximum Gasteiger partial charge on any atom is 0.270 e. The number of hydrogen-bond donors (Lipinski definition) is 0. The summed E-state index contributed by atoms with van der Waals surface area (Å²) in [4.78, 5) is 31.8. The fourth-order valence-corrected chi connectivity index (χ4v) is 5.00. The average molecular weight is 591 g/mol. The Morgan fingerprint density at radius 3 is 2.44 bits per heavy atom. The monoisotopic (exact) mass is 590 g/mol. The van der Waals surface area contributed by atoms with Gasteiger partial charge in [0.25, 0.3) is 5.92 Å². The van der Waals surface area contributed by atoms with Gasteiger partial charge in [-0.3, -0.25) is 14.6 Å². The molecular weight excluding hydrogens is 559 g/mol. The zero-order chi connectivity index (χ0) is 30.5. The van der Waals surface area contributed by atoms with E-state index in [9.17, 15) is 27.2 Å². The predicted molar refractivity (Wildman–Crippen MR) is 150 cm³/mol. The first-order chi connectivity index (χ1) is 19.2. The number of rotatable bonds is 11. The number of nitrogens with zero attached hydrogens (tertiary/aromatic N) is 4. The van der Waals surface area contributed by atoms with E-state index < -0.39 is 35.6 Å². The second-order valence-corrected chi connectivity index (χ2v) is 10.8. The number of alkyl halides is 3. The number of carbonyl (C=O) groups is 2. The molecule has 12 heteroatoms. The highest BCUT2D eigenvalue weighted by molar-refractivity contribution is 7.19. The zero-order valence-electron chi connectivity index (χ0n) is 22.9. The lowest BCUT2D eigenvalue weighted by molar-refractivity contribution is -0.143. The van der Waals surface area contributed by atoms with Crippen LogP contribution in [0.2, 0.25) is 0 Å². The number of allylic oxidation sites excluding steroid dienone is 1. The fraction of sp³-hybridized carbons (Fsp3) is 0.379. The van der Waals surface area contributed by atoms with E-state index >= 15 is 0 Å². The Hall–Kier alpha value is -3.77. The highest BCUT2D eigenvalue weighted by atomic mass is 31.0. The molecule has 0 spiro atoms. The van der Waals surface area contributed by atoms with Crippen molar-refractivity contribution in [1.82, 2.24) is 4.90 Å². The first-order valence-electron chi connectivity index (χ1n) is 12.6. The summed E-state index contributed by atoms with van der Waals surface area (Å²) in [5.41, 5.74) is -0.515. The van der Waals surface area contributed by atoms with E-state index in [1.165, 1.54) is 48.3 Å². The van der Waals surface area contributed by atoms with Crippen LogP contribution in [-0.2, 0) is 26.8 Å². The number of benzene rings is 2. The molecule has 0 aromatic heterocycles. The van der Waals surface area contributed by atoms with Crippen molar-refractivity contribution in [3.63, 3.8) is 0 Å². The Labute approximate surface area is 238 Å². The third kappa shape index (κ3) is 7.50. The van der Waals surface area contributed by atoms with E-state index in [4.69, 9.17) is 10.00 Å². The summed E-state index contributed by atoms with van der Waals surface area (Å²) in [6.45, 7) is 6.00. The number of amides is 2. The van der Waals surface area contributed by atoms with Crippen molar-refractivity contribution in [3.05, 3.63) is 77.3 Å². The molecule has 0 heterocycles. The maximum absolute atomic E-state index is 14.6. The molecule has 2 atom stereocenters. The van der Waals surface area contributed by atoms with Crippen LogP contribution in [0, 0.1) is 23.1 Å². The molecule has 0 radical (unpaired) electrons. The van der Waals surface area contributed by atoms with Crippen molar-refractivity contribution in [3.8, 4) is 6.07 Å². The Morgan fingerprint density at radius 1 is 1.32 bits per heavy atom. The normalized spacial score (nSPS) is 19.4. The third-order valence-corrected chi connectivity index (χ3v) is 7.38. The molecule has 1 saturated carbocycles. The van der Waals surface area contributed by atoms with Gasteiger partial charge in [0, 0.05) is 37.5 Å². The van der Waals surface area contributed by atoms with E-state index in [2.05, 4.69) is 11.6 Å². The minimum Gasteiger partial charge on any atom is -0.445 e. The Balaban J connectivity index is 1.86. The largest absolute Gasteiger partial charge is 0.445 e. The molecule has 2 unspecified atom stereocenters. The topological polar surface area (TPSA) is 86.0 Å². The van der Waals surface area contributed by atoms with Gasteiger partial charge in [0.15, 0.2) is 5.91 Å². The van der Waals surface area contributed by atoms with Crippen LogP contribution in [0.1, 0.15) is 43.4 Å². The molecule has 218 valence electrons. The summed E-state index contributed by atoms with van der Waals surface area (Å²) in [6.07, 6.45) is 1.07. The second kappa shape index (κ2) is 12.8. The van der Waals surface area contributed by atoms with Crippen LogP contribution in [0.25, 0.3) is 0 Å². The maximum atomic E-state index is 14.6. The van der Waals surface area contributed by atoms with Gasteiger partial charge >= 0.3 is 0 Å². The van der Waals surface area contributed by atoms with Gasteiger partial charge in [0.2, 0.25) is 18.2 Å². The van der Waals surface area contributed by atoms with Gasteiger partial charge in [-0.1, -0.05) is 40.1 Å². The zero-order valence-corrected chi connectivity index (χ0v) is 24.1. The minimum atomic E-state index is -3.03. The molecule has 0 bridgehead atoms. The van der Waals surface area contributed by atoms with Crippen molar-refractivity contribution in [2.75, 3.05) is 18.5 Å². The molecule has 0 N–H and O–H groups in total. The van der Waals surface area contributed by atoms with Crippen LogP contribution in [-0.4, -0.2) is 48.2 Å². The smallest absolute Gasteiger partial charge is 0.270 e. The summed E-state index contributed by atoms with van der Waals surface area (Å²) < 4.78 is 61.3. The highest BCUT2D eigenvalue weighted by Crippen LogP contribution is 2.46. The summed E-state index contributed by atoms with van der Waals surface area (Å²) in [5, 5.41) is 9.00. The molecule has 2 aromatic rings. The number of halogens is 4. The second-order valence-electron chi connectivity index (χ2n) is 10.2. The summed E-state index contributed by atoms with van der Waals surface area (Å²) in [6, 6.07) is 10.9. The van der Waals surface area contributed by atoms with Crippen LogP contribution in [0.15, 0.2) is 59.8 Å². The number of aliphatic imine (C=N–C) groups is 1. The molecule has 1 aliphatic carbocycles. The first-order valence-corrected chi connectivity index (χ1v) is 13.3. The van der Waals surface area contributed by atoms with Gasteiger partial charge in [-0.25, -0.2) is 17.6 Å². The van der Waals surface area contributed by atoms with Crippen molar-refractivity contribution in [2.45, 2.75) is 50.6 Å². The van der Waals surface area contributed by atoms with Crippen molar-refractivity contribution in [1.29, 1.82) is 5.26 Å². The average Bonchev–Trinajstić information content (AvgIpc) is 2.90. The summed E-state index contributed by atoms with van der Waals surface area (Å²) >= 11 is 0. The SMILES string of the molecule is C=C(OC(=NC)C(F)P)C1CC(C)(N(Cc2ccc(C(C)(F)F)cc2)C(=O)CN(C=O)c2ccc(C#N)cc2F)C1. The lowest BCUT2D eigenvalue weighted by atomic mass is 9.67. The standard InChI is InChI=1S/C29H31F4N4O3P/c1-18(40-27(35-4)26(31)41)21-12-28(2,13-21)37(15-19-5-8-22(9-6-19)29(3,32)33)25(39)16-36(17-38)24-10-7-20(14-34)11-23(24)30/h5-11,17,21,26H,1,12-13,15-16,41H2,2-4H3. The Morgan fingerprint density at radius 2 is 1.95 bits per heavy atom. The summed E-state index contributed by atoms with van der Waals surface area (Å²) in [7, 11) is 3.33. The van der Waals surface area contributed by atoms with Crippen LogP contribution in [0.3, 0.4) is 0 Å². The van der Waals surface area contributed by atoms with Crippen LogP contribution in [0.4, 0.5) is 23.2 Å². The van der Waals surface area contributed by atoms with Crippen LogP contribution in [0.5, 0.6) is 0 Å². The van der Waals surface area contributed by atoms with Gasteiger partial charge in [0.1, 0.15) is 18.1 Å². The molecule has 7 nitrogen and oxygen atoms in total. The Bertz CT molecular complexity index is 1360. The van der Waals surface area contributed by atoms with Crippen molar-refractivity contribution in [2.24, 2.45) is 10.9 Å². The molecule has 2 amide bonds. The number of ether oxygens (including phenoxy) is 1. The quantitative estimate of drug-likeness (QED) is 0.0840. The van der Waals surface area contributed by atoms with Crippen molar-refractivity contribution < 1.29 is 31.9 Å². The summed E-state index contributed by atoms with van der Waals surface area (Å²) in [5.74, 6) is -6.03. The number of anilines is 1. The van der Waals surface area contributed by atoms with Gasteiger partial charge < -0.3 is 14.5 Å². The van der Waals surface area contributed by atoms with E-state index in [0.29, 0.717) is 24.8 Å². The lowest BCUT2D eigenvalue weighted by Gasteiger charge is -2.52. The molecular formula is C29H31F4N4O3P. The van der Waals surface area contributed by atoms with Crippen LogP contribution >= 0.6 is 9.24 Å². The minimum absolute atomic E-state index is 0.0212. The van der Waals surface area contributed by atoms with Gasteiger partial charge in [-0.05, 0) is 43.5 Å². The van der Waals surface area contributed by atoms with Crippen molar-refractivity contribution >= 4 is 33.1 Å². The molecule has 41 heavy (non-hydrogen) atoms. The van der Waals surface area contributed by atoms with Gasteiger partial charge in [-0.2, -0.15) is 5.26 Å². The molecule has 1 fully saturated rings. The molecule has 0 saturated heterocycles. The fourth-order valence-electron chi connectivity index (χ4n) is 4.78. The Kier molecular flexibility index (Phi) is 9.93. The van der Waals surface area contributed by atoms with E-state index in [-0.39, 0.29) is 40.9 Å². The molecule has 2 aromatic carbocycles. The van der Waals surface area contributed by atoms with E-state index in [0.717, 1.165) is 17.9 Å². The molecule has 1 aliphatic rings. The van der Waals surface area contributed by atoms with E-state index in [1.807, 2.05) is 16.2 Å². The molecule has 0 aliphatic heterocycles. The van der Waals surface area contributed by atoms with Gasteiger partial charge in [0.05, 0.1) is 17.3 Å². The number of hydrogen-bond acceptors (Lipinski definition) is 5. The van der Waals surface area contributed by atoms with Crippen LogP contribution < -0.4 is 4.90 Å².